The molecule has 3 heterocycles. The van der Waals surface area contributed by atoms with E-state index < -0.39 is 0 Å². The number of benzene rings is 2. The van der Waals surface area contributed by atoms with Crippen molar-refractivity contribution >= 4 is 46.6 Å². The van der Waals surface area contributed by atoms with Crippen LogP contribution in [0.3, 0.4) is 0 Å². The van der Waals surface area contributed by atoms with Crippen LogP contribution >= 0.6 is 0 Å². The van der Waals surface area contributed by atoms with Gasteiger partial charge in [-0.3, -0.25) is 4.99 Å². The Morgan fingerprint density at radius 1 is 1.07 bits per heavy atom. The number of rotatable bonds is 4. The Morgan fingerprint density at radius 2 is 1.93 bits per heavy atom. The fraction of sp³-hybridized carbons (Fsp3) is 0. The molecule has 7 heteroatoms. The number of hydrogen-bond donors (Lipinski definition) is 4. The summed E-state index contributed by atoms with van der Waals surface area (Å²) in [5, 5.41) is 15.4. The lowest BCUT2D eigenvalue weighted by atomic mass is 10.1. The van der Waals surface area contributed by atoms with E-state index in [1.807, 2.05) is 60.8 Å². The van der Waals surface area contributed by atoms with E-state index >= 15 is 0 Å². The largest absolute Gasteiger partial charge is 0.492 e. The van der Waals surface area contributed by atoms with Crippen LogP contribution in [0.15, 0.2) is 64.8 Å². The van der Waals surface area contributed by atoms with E-state index in [0.29, 0.717) is 11.6 Å². The molecule has 2 aromatic carbocycles. The third-order valence-electron chi connectivity index (χ3n) is 4.56. The van der Waals surface area contributed by atoms with Crippen LogP contribution in [-0.2, 0) is 0 Å². The van der Waals surface area contributed by atoms with Crippen molar-refractivity contribution in [3.63, 3.8) is 0 Å². The summed E-state index contributed by atoms with van der Waals surface area (Å²) in [6.45, 7) is 0. The Kier molecular flexibility index (Phi) is 3.76. The molecule has 4 aromatic rings. The standard InChI is InChI=1S/C21H16N6O/c28-20-19(9-13-10-22-17-7-3-1-5-15(13)17)25-21(26-20)27-24-12-14-11-23-18-8-4-2-6-16(14)18/h1-12,23,28H,(H2,25,26,27)/b13-9+,24-12+. The normalized spacial score (nSPS) is 14.4. The highest BCUT2D eigenvalue weighted by Crippen LogP contribution is 2.33. The highest BCUT2D eigenvalue weighted by Gasteiger charge is 2.13. The SMILES string of the molecule is Oc1nc(N/N=C/c2c[nH]c3ccccc23)[nH]c1/C=C1\C=Nc2ccccc21. The summed E-state index contributed by atoms with van der Waals surface area (Å²) in [5.74, 6) is 0.249. The van der Waals surface area contributed by atoms with Crippen LogP contribution in [-0.4, -0.2) is 32.5 Å². The molecule has 0 bridgehead atoms. The number of allylic oxidation sites excluding steroid dienone is 1. The maximum atomic E-state index is 10.1. The topological polar surface area (TPSA) is 101 Å². The van der Waals surface area contributed by atoms with Crippen molar-refractivity contribution in [2.45, 2.75) is 0 Å². The van der Waals surface area contributed by atoms with Crippen LogP contribution in [0.1, 0.15) is 16.8 Å². The van der Waals surface area contributed by atoms with Crippen molar-refractivity contribution in [3.8, 4) is 5.88 Å². The first-order valence-electron chi connectivity index (χ1n) is 8.77. The summed E-state index contributed by atoms with van der Waals surface area (Å²) < 4.78 is 0. The van der Waals surface area contributed by atoms with Gasteiger partial charge in [-0.2, -0.15) is 10.1 Å². The molecule has 5 rings (SSSR count). The van der Waals surface area contributed by atoms with Crippen molar-refractivity contribution in [2.24, 2.45) is 10.1 Å². The molecule has 4 N–H and O–H groups in total. The van der Waals surface area contributed by atoms with Gasteiger partial charge < -0.3 is 15.1 Å². The summed E-state index contributed by atoms with van der Waals surface area (Å²) >= 11 is 0. The van der Waals surface area contributed by atoms with Gasteiger partial charge in [0.05, 0.1) is 11.9 Å². The molecule has 0 saturated heterocycles. The lowest BCUT2D eigenvalue weighted by Gasteiger charge is -1.98. The van der Waals surface area contributed by atoms with Crippen LogP contribution in [0, 0.1) is 0 Å². The molecule has 0 saturated carbocycles. The van der Waals surface area contributed by atoms with E-state index in [1.54, 1.807) is 12.4 Å². The molecule has 7 nitrogen and oxygen atoms in total. The maximum Gasteiger partial charge on any atom is 0.238 e. The molecule has 1 aliphatic rings. The fourth-order valence-electron chi connectivity index (χ4n) is 3.20. The van der Waals surface area contributed by atoms with Crippen LogP contribution < -0.4 is 5.43 Å². The van der Waals surface area contributed by atoms with Crippen molar-refractivity contribution in [1.82, 2.24) is 15.0 Å². The second kappa shape index (κ2) is 6.55. The van der Waals surface area contributed by atoms with Gasteiger partial charge in [-0.15, -0.1) is 0 Å². The van der Waals surface area contributed by atoms with Gasteiger partial charge in [-0.25, -0.2) is 5.43 Å². The summed E-state index contributed by atoms with van der Waals surface area (Å²) in [4.78, 5) is 14.7. The number of aliphatic imine (C=N–C) groups is 1. The number of anilines is 1. The van der Waals surface area contributed by atoms with Crippen LogP contribution in [0.25, 0.3) is 22.6 Å². The van der Waals surface area contributed by atoms with E-state index in [2.05, 4.69) is 30.5 Å². The predicted molar refractivity (Wildman–Crippen MR) is 112 cm³/mol. The first-order valence-corrected chi connectivity index (χ1v) is 8.77. The van der Waals surface area contributed by atoms with Crippen LogP contribution in [0.5, 0.6) is 5.88 Å². The molecule has 136 valence electrons. The third-order valence-corrected chi connectivity index (χ3v) is 4.56. The van der Waals surface area contributed by atoms with Gasteiger partial charge in [-0.1, -0.05) is 36.4 Å². The zero-order valence-corrected chi connectivity index (χ0v) is 14.7. The maximum absolute atomic E-state index is 10.1. The molecule has 2 aromatic heterocycles. The second-order valence-electron chi connectivity index (χ2n) is 6.36. The highest BCUT2D eigenvalue weighted by molar-refractivity contribution is 6.21. The van der Waals surface area contributed by atoms with Gasteiger partial charge in [0.2, 0.25) is 11.8 Å². The van der Waals surface area contributed by atoms with Gasteiger partial charge in [0.1, 0.15) is 5.69 Å². The number of nitrogens with zero attached hydrogens (tertiary/aromatic N) is 3. The monoisotopic (exact) mass is 368 g/mol. The average molecular weight is 368 g/mol. The minimum atomic E-state index is -0.102. The van der Waals surface area contributed by atoms with Crippen molar-refractivity contribution in [2.75, 3.05) is 5.43 Å². The Bertz CT molecular complexity index is 1260. The summed E-state index contributed by atoms with van der Waals surface area (Å²) in [6.07, 6.45) is 7.18. The molecular formula is C21H16N6O. The first kappa shape index (κ1) is 16.1. The van der Waals surface area contributed by atoms with E-state index in [0.717, 1.165) is 33.3 Å². The van der Waals surface area contributed by atoms with Crippen LogP contribution in [0.2, 0.25) is 0 Å². The van der Waals surface area contributed by atoms with Gasteiger partial charge >= 0.3 is 0 Å². The van der Waals surface area contributed by atoms with Gasteiger partial charge in [-0.05, 0) is 18.2 Å². The third kappa shape index (κ3) is 2.84. The summed E-state index contributed by atoms with van der Waals surface area (Å²) in [5.41, 5.74) is 8.15. The lowest BCUT2D eigenvalue weighted by molar-refractivity contribution is 0.455. The van der Waals surface area contributed by atoms with E-state index in [4.69, 9.17) is 0 Å². The average Bonchev–Trinajstić information content (AvgIpc) is 3.41. The Hall–Kier alpha value is -4.13. The number of fused-ring (bicyclic) bond motifs is 2. The molecule has 0 aliphatic carbocycles. The fourth-order valence-corrected chi connectivity index (χ4v) is 3.20. The number of hydrogen-bond acceptors (Lipinski definition) is 5. The van der Waals surface area contributed by atoms with Gasteiger partial charge in [0.25, 0.3) is 0 Å². The summed E-state index contributed by atoms with van der Waals surface area (Å²) in [6, 6.07) is 15.8. The van der Waals surface area contributed by atoms with Gasteiger partial charge in [0, 0.05) is 40.0 Å². The Morgan fingerprint density at radius 3 is 2.89 bits per heavy atom. The minimum absolute atomic E-state index is 0.102. The molecule has 0 fully saturated rings. The zero-order chi connectivity index (χ0) is 18.9. The van der Waals surface area contributed by atoms with Crippen molar-refractivity contribution in [3.05, 3.63) is 71.5 Å². The molecule has 0 radical (unpaired) electrons. The van der Waals surface area contributed by atoms with Crippen molar-refractivity contribution in [1.29, 1.82) is 0 Å². The zero-order valence-electron chi connectivity index (χ0n) is 14.7. The second-order valence-corrected chi connectivity index (χ2v) is 6.36. The van der Waals surface area contributed by atoms with Crippen molar-refractivity contribution < 1.29 is 5.11 Å². The number of imidazole rings is 1. The van der Waals surface area contributed by atoms with Crippen LogP contribution in [0.4, 0.5) is 11.6 Å². The molecular weight excluding hydrogens is 352 g/mol. The number of para-hydroxylation sites is 2. The number of hydrazone groups is 1. The number of aromatic nitrogens is 3. The predicted octanol–water partition coefficient (Wildman–Crippen LogP) is 4.30. The quantitative estimate of drug-likeness (QED) is 0.319. The molecule has 28 heavy (non-hydrogen) atoms. The molecule has 0 spiro atoms. The minimum Gasteiger partial charge on any atom is -0.492 e. The first-order chi connectivity index (χ1) is 13.8. The van der Waals surface area contributed by atoms with E-state index in [9.17, 15) is 5.11 Å². The number of nitrogens with one attached hydrogen (secondary N) is 3. The Labute approximate surface area is 160 Å². The van der Waals surface area contributed by atoms with E-state index in [-0.39, 0.29) is 5.88 Å². The molecule has 0 amide bonds. The lowest BCUT2D eigenvalue weighted by Crippen LogP contribution is -1.92. The molecule has 0 unspecified atom stereocenters. The number of H-pyrrole nitrogens is 2. The number of aromatic hydroxyl groups is 1. The molecule has 1 aliphatic heterocycles. The Balaban J connectivity index is 1.36. The highest BCUT2D eigenvalue weighted by atomic mass is 16.3. The van der Waals surface area contributed by atoms with Gasteiger partial charge in [0.15, 0.2) is 0 Å². The summed E-state index contributed by atoms with van der Waals surface area (Å²) in [7, 11) is 0. The molecule has 0 atom stereocenters. The van der Waals surface area contributed by atoms with E-state index in [1.165, 1.54) is 0 Å². The smallest absolute Gasteiger partial charge is 0.238 e. The number of aromatic amines is 2.